The highest BCUT2D eigenvalue weighted by molar-refractivity contribution is 5.79. The van der Waals surface area contributed by atoms with Gasteiger partial charge in [0.05, 0.1) is 22.7 Å². The summed E-state index contributed by atoms with van der Waals surface area (Å²) in [5.74, 6) is 1.40. The lowest BCUT2D eigenvalue weighted by molar-refractivity contribution is 0.284. The quantitative estimate of drug-likeness (QED) is 0.896. The third kappa shape index (κ3) is 1.82. The zero-order valence-corrected chi connectivity index (χ0v) is 10.3. The van der Waals surface area contributed by atoms with E-state index < -0.39 is 0 Å². The van der Waals surface area contributed by atoms with Crippen LogP contribution in [0.3, 0.4) is 0 Å². The molecule has 18 heavy (non-hydrogen) atoms. The Bertz CT molecular complexity index is 616. The molecule has 3 rings (SSSR count). The number of aromatic nitrogens is 2. The molecule has 0 saturated heterocycles. The largest absolute Gasteiger partial charge is 0.369 e. The Labute approximate surface area is 106 Å². The molecule has 0 bridgehead atoms. The van der Waals surface area contributed by atoms with E-state index >= 15 is 0 Å². The number of rotatable bonds is 3. The summed E-state index contributed by atoms with van der Waals surface area (Å²) in [6.45, 7) is 0.905. The van der Waals surface area contributed by atoms with Crippen molar-refractivity contribution in [2.75, 3.05) is 5.73 Å². The lowest BCUT2D eigenvalue weighted by atomic mass is 9.83. The number of nitrogen functional groups attached to an aromatic ring is 1. The molecule has 0 atom stereocenters. The molecule has 1 saturated carbocycles. The number of nitrogens with zero attached hydrogens (tertiary/aromatic N) is 3. The molecule has 0 unspecified atom stereocenters. The smallest absolute Gasteiger partial charge is 0.201 e. The standard InChI is InChI=1S/C14H16N4/c15-9-11-4-5-12-13(8-11)18(14(16)17-12)7-6-10-2-1-3-10/h4-5,8,10H,1-3,6-7H2,(H2,16,17). The normalized spacial score (nSPS) is 15.5. The predicted molar refractivity (Wildman–Crippen MR) is 70.8 cm³/mol. The van der Waals surface area contributed by atoms with Gasteiger partial charge in [0.25, 0.3) is 0 Å². The van der Waals surface area contributed by atoms with E-state index in [1.54, 1.807) is 6.07 Å². The van der Waals surface area contributed by atoms with Crippen LogP contribution in [0.25, 0.3) is 11.0 Å². The zero-order chi connectivity index (χ0) is 12.5. The van der Waals surface area contributed by atoms with Gasteiger partial charge in [-0.2, -0.15) is 5.26 Å². The summed E-state index contributed by atoms with van der Waals surface area (Å²) in [5.41, 5.74) is 8.47. The fourth-order valence-electron chi connectivity index (χ4n) is 2.54. The van der Waals surface area contributed by atoms with E-state index in [-0.39, 0.29) is 0 Å². The summed E-state index contributed by atoms with van der Waals surface area (Å²) in [6, 6.07) is 7.68. The molecule has 0 aliphatic heterocycles. The molecular formula is C14H16N4. The van der Waals surface area contributed by atoms with Crippen LogP contribution in [0.5, 0.6) is 0 Å². The third-order valence-electron chi connectivity index (χ3n) is 3.89. The highest BCUT2D eigenvalue weighted by Crippen LogP contribution is 2.30. The highest BCUT2D eigenvalue weighted by atomic mass is 15.1. The second-order valence-corrected chi connectivity index (χ2v) is 5.02. The van der Waals surface area contributed by atoms with Crippen molar-refractivity contribution in [1.29, 1.82) is 5.26 Å². The monoisotopic (exact) mass is 240 g/mol. The molecule has 4 nitrogen and oxygen atoms in total. The van der Waals surface area contributed by atoms with Crippen molar-refractivity contribution in [3.05, 3.63) is 23.8 Å². The first-order valence-corrected chi connectivity index (χ1v) is 6.44. The van der Waals surface area contributed by atoms with Gasteiger partial charge in [-0.25, -0.2) is 4.98 Å². The van der Waals surface area contributed by atoms with E-state index in [2.05, 4.69) is 11.1 Å². The van der Waals surface area contributed by atoms with Crippen LogP contribution in [0.1, 0.15) is 31.2 Å². The number of hydrogen-bond acceptors (Lipinski definition) is 3. The van der Waals surface area contributed by atoms with Crippen LogP contribution in [-0.4, -0.2) is 9.55 Å². The van der Waals surface area contributed by atoms with Gasteiger partial charge >= 0.3 is 0 Å². The molecule has 0 spiro atoms. The van der Waals surface area contributed by atoms with Crippen molar-refractivity contribution in [2.24, 2.45) is 5.92 Å². The minimum absolute atomic E-state index is 0.555. The van der Waals surface area contributed by atoms with Gasteiger partial charge in [-0.3, -0.25) is 0 Å². The molecule has 1 aromatic heterocycles. The number of benzene rings is 1. The molecule has 4 heteroatoms. The lowest BCUT2D eigenvalue weighted by Crippen LogP contribution is -2.14. The van der Waals surface area contributed by atoms with Crippen LogP contribution < -0.4 is 5.73 Å². The van der Waals surface area contributed by atoms with Gasteiger partial charge in [-0.15, -0.1) is 0 Å². The molecule has 1 heterocycles. The first-order chi connectivity index (χ1) is 8.78. The maximum atomic E-state index is 8.95. The molecule has 0 amide bonds. The molecule has 0 radical (unpaired) electrons. The minimum atomic E-state index is 0.555. The Hall–Kier alpha value is -2.02. The van der Waals surface area contributed by atoms with Crippen LogP contribution in [0.4, 0.5) is 5.95 Å². The summed E-state index contributed by atoms with van der Waals surface area (Å²) in [6.07, 6.45) is 5.21. The molecule has 1 aliphatic rings. The van der Waals surface area contributed by atoms with E-state index in [4.69, 9.17) is 11.0 Å². The Morgan fingerprint density at radius 3 is 2.94 bits per heavy atom. The fourth-order valence-corrected chi connectivity index (χ4v) is 2.54. The Morgan fingerprint density at radius 1 is 1.44 bits per heavy atom. The van der Waals surface area contributed by atoms with E-state index in [1.807, 2.05) is 16.7 Å². The molecular weight excluding hydrogens is 224 g/mol. The minimum Gasteiger partial charge on any atom is -0.369 e. The van der Waals surface area contributed by atoms with Crippen molar-refractivity contribution in [2.45, 2.75) is 32.2 Å². The van der Waals surface area contributed by atoms with Crippen molar-refractivity contribution in [1.82, 2.24) is 9.55 Å². The van der Waals surface area contributed by atoms with Gasteiger partial charge in [-0.1, -0.05) is 19.3 Å². The van der Waals surface area contributed by atoms with Gasteiger partial charge in [0.2, 0.25) is 5.95 Å². The number of hydrogen-bond donors (Lipinski definition) is 1. The number of nitriles is 1. The topological polar surface area (TPSA) is 67.6 Å². The maximum absolute atomic E-state index is 8.95. The SMILES string of the molecule is N#Cc1ccc2nc(N)n(CCC3CCC3)c2c1. The van der Waals surface area contributed by atoms with E-state index in [9.17, 15) is 0 Å². The summed E-state index contributed by atoms with van der Waals surface area (Å²) in [5, 5.41) is 8.95. The second-order valence-electron chi connectivity index (χ2n) is 5.02. The fraction of sp³-hybridized carbons (Fsp3) is 0.429. The second kappa shape index (κ2) is 4.34. The molecule has 1 aliphatic carbocycles. The highest BCUT2D eigenvalue weighted by Gasteiger charge is 2.18. The zero-order valence-electron chi connectivity index (χ0n) is 10.3. The van der Waals surface area contributed by atoms with Crippen molar-refractivity contribution in [3.8, 4) is 6.07 Å². The predicted octanol–water partition coefficient (Wildman–Crippen LogP) is 2.68. The van der Waals surface area contributed by atoms with Gasteiger partial charge in [0, 0.05) is 6.54 Å². The third-order valence-corrected chi connectivity index (χ3v) is 3.89. The van der Waals surface area contributed by atoms with Crippen LogP contribution in [0, 0.1) is 17.2 Å². The number of fused-ring (bicyclic) bond motifs is 1. The van der Waals surface area contributed by atoms with Crippen molar-refractivity contribution >= 4 is 17.0 Å². The molecule has 1 aromatic carbocycles. The first-order valence-electron chi connectivity index (χ1n) is 6.44. The summed E-state index contributed by atoms with van der Waals surface area (Å²) in [4.78, 5) is 4.34. The van der Waals surface area contributed by atoms with Gasteiger partial charge in [-0.05, 0) is 30.5 Å². The maximum Gasteiger partial charge on any atom is 0.201 e. The van der Waals surface area contributed by atoms with Crippen LogP contribution >= 0.6 is 0 Å². The molecule has 2 aromatic rings. The van der Waals surface area contributed by atoms with Crippen LogP contribution in [0.2, 0.25) is 0 Å². The summed E-state index contributed by atoms with van der Waals surface area (Å²) < 4.78 is 2.04. The van der Waals surface area contributed by atoms with Gasteiger partial charge in [0.15, 0.2) is 0 Å². The van der Waals surface area contributed by atoms with Gasteiger partial charge in [0.1, 0.15) is 0 Å². The summed E-state index contributed by atoms with van der Waals surface area (Å²) >= 11 is 0. The van der Waals surface area contributed by atoms with Crippen LogP contribution in [-0.2, 0) is 6.54 Å². The van der Waals surface area contributed by atoms with E-state index in [1.165, 1.54) is 19.3 Å². The molecule has 92 valence electrons. The first kappa shape index (κ1) is 11.1. The molecule has 1 fully saturated rings. The number of anilines is 1. The Balaban J connectivity index is 1.93. The van der Waals surface area contributed by atoms with Crippen molar-refractivity contribution < 1.29 is 0 Å². The van der Waals surface area contributed by atoms with Gasteiger partial charge < -0.3 is 10.3 Å². The number of nitrogens with two attached hydrogens (primary N) is 1. The average Bonchev–Trinajstić information content (AvgIpc) is 2.63. The lowest BCUT2D eigenvalue weighted by Gasteiger charge is -2.25. The summed E-state index contributed by atoms with van der Waals surface area (Å²) in [7, 11) is 0. The van der Waals surface area contributed by atoms with E-state index in [0.717, 1.165) is 29.9 Å². The van der Waals surface area contributed by atoms with E-state index in [0.29, 0.717) is 11.5 Å². The number of imidazole rings is 1. The average molecular weight is 240 g/mol. The Kier molecular flexibility index (Phi) is 2.67. The van der Waals surface area contributed by atoms with Crippen molar-refractivity contribution in [3.63, 3.8) is 0 Å². The molecule has 2 N–H and O–H groups in total. The van der Waals surface area contributed by atoms with Crippen LogP contribution in [0.15, 0.2) is 18.2 Å². The number of aryl methyl sites for hydroxylation is 1. The Morgan fingerprint density at radius 2 is 2.28 bits per heavy atom.